The van der Waals surface area contributed by atoms with Gasteiger partial charge in [0.1, 0.15) is 12.4 Å². The van der Waals surface area contributed by atoms with Gasteiger partial charge in [-0.25, -0.2) is 9.78 Å². The number of aromatic carboxylic acids is 1. The molecule has 1 aromatic heterocycles. The number of carboxylic acid groups (broad SMARTS) is 1. The summed E-state index contributed by atoms with van der Waals surface area (Å²) in [6.07, 6.45) is 0.929. The van der Waals surface area contributed by atoms with Gasteiger partial charge >= 0.3 is 5.97 Å². The van der Waals surface area contributed by atoms with E-state index in [0.717, 1.165) is 22.0 Å². The summed E-state index contributed by atoms with van der Waals surface area (Å²) in [7, 11) is 0. The number of ether oxygens (including phenoxy) is 1. The second-order valence-corrected chi connectivity index (χ2v) is 5.26. The molecule has 0 unspecified atom stereocenters. The van der Waals surface area contributed by atoms with Crippen molar-refractivity contribution in [1.82, 2.24) is 4.98 Å². The first-order valence-corrected chi connectivity index (χ1v) is 6.83. The van der Waals surface area contributed by atoms with Gasteiger partial charge in [0.25, 0.3) is 0 Å². The number of thiazole rings is 1. The number of carbonyl (C=O) groups is 1. The zero-order valence-corrected chi connectivity index (χ0v) is 11.7. The van der Waals surface area contributed by atoms with Gasteiger partial charge < -0.3 is 9.84 Å². The summed E-state index contributed by atoms with van der Waals surface area (Å²) >= 11 is 1.66. The number of carboxylic acids is 1. The molecule has 0 bridgehead atoms. The molecule has 2 rings (SSSR count). The van der Waals surface area contributed by atoms with E-state index in [1.165, 1.54) is 12.1 Å². The summed E-state index contributed by atoms with van der Waals surface area (Å²) in [5.41, 5.74) is 1.26. The van der Waals surface area contributed by atoms with E-state index in [1.807, 2.05) is 6.92 Å². The highest BCUT2D eigenvalue weighted by atomic mass is 32.1. The van der Waals surface area contributed by atoms with Gasteiger partial charge in [0.15, 0.2) is 0 Å². The summed E-state index contributed by atoms with van der Waals surface area (Å²) in [4.78, 5) is 16.3. The largest absolute Gasteiger partial charge is 0.488 e. The van der Waals surface area contributed by atoms with Crippen LogP contribution >= 0.6 is 11.3 Å². The number of hydrogen-bond donors (Lipinski definition) is 1. The van der Waals surface area contributed by atoms with Crippen LogP contribution in [0.4, 0.5) is 0 Å². The Hall–Kier alpha value is -1.88. The van der Waals surface area contributed by atoms with Crippen molar-refractivity contribution in [3.8, 4) is 5.75 Å². The smallest absolute Gasteiger partial charge is 0.335 e. The number of nitrogens with zero attached hydrogens (tertiary/aromatic N) is 1. The standard InChI is InChI=1S/C14H15NO3S/c1-3-13-15-9(2)12(19-13)8-18-11-6-4-10(5-7-11)14(16)17/h4-7H,3,8H2,1-2H3,(H,16,17). The fourth-order valence-corrected chi connectivity index (χ4v) is 2.54. The first kappa shape index (κ1) is 13.5. The Morgan fingerprint density at radius 2 is 2.05 bits per heavy atom. The lowest BCUT2D eigenvalue weighted by Crippen LogP contribution is -1.97. The Bertz CT molecular complexity index is 575. The van der Waals surface area contributed by atoms with Gasteiger partial charge in [-0.1, -0.05) is 6.92 Å². The van der Waals surface area contributed by atoms with E-state index in [-0.39, 0.29) is 5.56 Å². The second kappa shape index (κ2) is 5.84. The maximum absolute atomic E-state index is 10.7. The molecule has 0 saturated carbocycles. The van der Waals surface area contributed by atoms with Crippen LogP contribution in [0.2, 0.25) is 0 Å². The normalized spacial score (nSPS) is 10.4. The van der Waals surface area contributed by atoms with E-state index in [9.17, 15) is 4.79 Å². The van der Waals surface area contributed by atoms with Crippen LogP contribution in [0, 0.1) is 6.92 Å². The highest BCUT2D eigenvalue weighted by Crippen LogP contribution is 2.21. The Morgan fingerprint density at radius 1 is 1.37 bits per heavy atom. The van der Waals surface area contributed by atoms with Crippen molar-refractivity contribution < 1.29 is 14.6 Å². The van der Waals surface area contributed by atoms with Crippen LogP contribution in [0.5, 0.6) is 5.75 Å². The monoisotopic (exact) mass is 277 g/mol. The third kappa shape index (κ3) is 3.32. The molecule has 0 amide bonds. The maximum atomic E-state index is 10.7. The van der Waals surface area contributed by atoms with Gasteiger partial charge in [-0.05, 0) is 37.6 Å². The summed E-state index contributed by atoms with van der Waals surface area (Å²) < 4.78 is 5.64. The number of hydrogen-bond acceptors (Lipinski definition) is 4. The quantitative estimate of drug-likeness (QED) is 0.911. The van der Waals surface area contributed by atoms with Crippen LogP contribution in [0.1, 0.15) is 32.9 Å². The molecule has 0 fully saturated rings. The topological polar surface area (TPSA) is 59.4 Å². The van der Waals surface area contributed by atoms with E-state index < -0.39 is 5.97 Å². The molecule has 0 aliphatic heterocycles. The minimum Gasteiger partial charge on any atom is -0.488 e. The first-order chi connectivity index (χ1) is 9.10. The molecule has 1 heterocycles. The molecular weight excluding hydrogens is 262 g/mol. The highest BCUT2D eigenvalue weighted by Gasteiger charge is 2.07. The maximum Gasteiger partial charge on any atom is 0.335 e. The molecule has 0 aliphatic rings. The molecule has 5 heteroatoms. The Balaban J connectivity index is 2.01. The van der Waals surface area contributed by atoms with Crippen LogP contribution in [0.25, 0.3) is 0 Å². The Labute approximate surface area is 115 Å². The lowest BCUT2D eigenvalue weighted by molar-refractivity contribution is 0.0697. The highest BCUT2D eigenvalue weighted by molar-refractivity contribution is 7.11. The van der Waals surface area contributed by atoms with E-state index in [0.29, 0.717) is 12.4 Å². The van der Waals surface area contributed by atoms with Crippen molar-refractivity contribution in [1.29, 1.82) is 0 Å². The van der Waals surface area contributed by atoms with E-state index in [2.05, 4.69) is 11.9 Å². The summed E-state index contributed by atoms with van der Waals surface area (Å²) in [5, 5.41) is 9.91. The molecule has 100 valence electrons. The van der Waals surface area contributed by atoms with E-state index in [1.54, 1.807) is 23.5 Å². The molecule has 0 atom stereocenters. The minimum atomic E-state index is -0.933. The lowest BCUT2D eigenvalue weighted by atomic mass is 10.2. The Morgan fingerprint density at radius 3 is 2.58 bits per heavy atom. The third-order valence-electron chi connectivity index (χ3n) is 2.71. The van der Waals surface area contributed by atoms with Crippen molar-refractivity contribution in [2.75, 3.05) is 0 Å². The van der Waals surface area contributed by atoms with Gasteiger partial charge in [0, 0.05) is 0 Å². The average molecular weight is 277 g/mol. The van der Waals surface area contributed by atoms with Gasteiger partial charge in [-0.2, -0.15) is 0 Å². The summed E-state index contributed by atoms with van der Waals surface area (Å²) in [6, 6.07) is 6.41. The predicted molar refractivity (Wildman–Crippen MR) is 74.0 cm³/mol. The number of benzene rings is 1. The summed E-state index contributed by atoms with van der Waals surface area (Å²) in [6.45, 7) is 4.52. The molecule has 1 N–H and O–H groups in total. The van der Waals surface area contributed by atoms with E-state index >= 15 is 0 Å². The predicted octanol–water partition coefficient (Wildman–Crippen LogP) is 3.29. The van der Waals surface area contributed by atoms with Crippen molar-refractivity contribution in [2.24, 2.45) is 0 Å². The minimum absolute atomic E-state index is 0.259. The average Bonchev–Trinajstić information content (AvgIpc) is 2.77. The van der Waals surface area contributed by atoms with Crippen LogP contribution in [0.3, 0.4) is 0 Å². The molecule has 0 radical (unpaired) electrons. The molecule has 1 aromatic carbocycles. The van der Waals surface area contributed by atoms with Crippen LogP contribution < -0.4 is 4.74 Å². The molecule has 19 heavy (non-hydrogen) atoms. The molecule has 4 nitrogen and oxygen atoms in total. The van der Waals surface area contributed by atoms with Crippen molar-refractivity contribution in [3.05, 3.63) is 45.4 Å². The van der Waals surface area contributed by atoms with E-state index in [4.69, 9.17) is 9.84 Å². The SMILES string of the molecule is CCc1nc(C)c(COc2ccc(C(=O)O)cc2)s1. The Kier molecular flexibility index (Phi) is 4.16. The van der Waals surface area contributed by atoms with Crippen LogP contribution in [-0.4, -0.2) is 16.1 Å². The molecule has 0 spiro atoms. The number of aromatic nitrogens is 1. The van der Waals surface area contributed by atoms with Gasteiger partial charge in [-0.15, -0.1) is 11.3 Å². The zero-order valence-electron chi connectivity index (χ0n) is 10.8. The molecule has 2 aromatic rings. The van der Waals surface area contributed by atoms with Gasteiger partial charge in [-0.3, -0.25) is 0 Å². The zero-order chi connectivity index (χ0) is 13.8. The second-order valence-electron chi connectivity index (χ2n) is 4.09. The lowest BCUT2D eigenvalue weighted by Gasteiger charge is -2.05. The number of rotatable bonds is 5. The fraction of sp³-hybridized carbons (Fsp3) is 0.286. The van der Waals surface area contributed by atoms with Gasteiger partial charge in [0.05, 0.1) is 21.1 Å². The molecular formula is C14H15NO3S. The van der Waals surface area contributed by atoms with Crippen molar-refractivity contribution >= 4 is 17.3 Å². The van der Waals surface area contributed by atoms with Crippen LogP contribution in [-0.2, 0) is 13.0 Å². The summed E-state index contributed by atoms with van der Waals surface area (Å²) in [5.74, 6) is -0.270. The molecule has 0 aliphatic carbocycles. The van der Waals surface area contributed by atoms with Crippen molar-refractivity contribution in [3.63, 3.8) is 0 Å². The number of aryl methyl sites for hydroxylation is 2. The van der Waals surface area contributed by atoms with Gasteiger partial charge in [0.2, 0.25) is 0 Å². The fourth-order valence-electron chi connectivity index (χ4n) is 1.62. The molecule has 0 saturated heterocycles. The van der Waals surface area contributed by atoms with Crippen molar-refractivity contribution in [2.45, 2.75) is 26.9 Å². The first-order valence-electron chi connectivity index (χ1n) is 6.01. The van der Waals surface area contributed by atoms with Crippen LogP contribution in [0.15, 0.2) is 24.3 Å². The third-order valence-corrected chi connectivity index (χ3v) is 3.99.